The minimum absolute atomic E-state index is 0.0192. The Labute approximate surface area is 163 Å². The van der Waals surface area contributed by atoms with Crippen molar-refractivity contribution in [2.75, 3.05) is 6.61 Å². The van der Waals surface area contributed by atoms with Crippen LogP contribution in [0.3, 0.4) is 0 Å². The molecule has 0 saturated heterocycles. The molecule has 148 valence electrons. The summed E-state index contributed by atoms with van der Waals surface area (Å²) in [6, 6.07) is 9.12. The third-order valence-corrected chi connectivity index (χ3v) is 4.01. The van der Waals surface area contributed by atoms with Crippen molar-refractivity contribution in [3.8, 4) is 11.5 Å². The lowest BCUT2D eigenvalue weighted by molar-refractivity contribution is 0.0487. The molecule has 0 unspecified atom stereocenters. The van der Waals surface area contributed by atoms with Gasteiger partial charge in [0, 0.05) is 23.2 Å². The maximum absolute atomic E-state index is 12.3. The average Bonchev–Trinajstić information content (AvgIpc) is 3.01. The molecule has 0 fully saturated rings. The van der Waals surface area contributed by atoms with E-state index in [1.54, 1.807) is 0 Å². The van der Waals surface area contributed by atoms with Crippen molar-refractivity contribution in [1.82, 2.24) is 15.3 Å². The number of nitrogens with zero attached hydrogens (tertiary/aromatic N) is 1. The highest BCUT2D eigenvalue weighted by Gasteiger charge is 2.21. The smallest absolute Gasteiger partial charge is 0.408 e. The molecule has 7 heteroatoms. The Morgan fingerprint density at radius 3 is 2.82 bits per heavy atom. The number of carbonyl (C=O) groups is 1. The molecule has 3 aromatic rings. The minimum atomic E-state index is -0.592. The molecule has 1 aromatic carbocycles. The predicted molar refractivity (Wildman–Crippen MR) is 107 cm³/mol. The van der Waals surface area contributed by atoms with E-state index in [-0.39, 0.29) is 18.4 Å². The number of amides is 1. The number of alkyl carbamates (subject to hydrolysis) is 1. The summed E-state index contributed by atoms with van der Waals surface area (Å²) in [6.45, 7) is 5.65. The van der Waals surface area contributed by atoms with E-state index in [9.17, 15) is 9.90 Å². The van der Waals surface area contributed by atoms with Gasteiger partial charge in [-0.2, -0.15) is 0 Å². The third-order valence-electron chi connectivity index (χ3n) is 4.01. The highest BCUT2D eigenvalue weighted by Crippen LogP contribution is 2.20. The van der Waals surface area contributed by atoms with Crippen molar-refractivity contribution in [2.45, 2.75) is 38.8 Å². The van der Waals surface area contributed by atoms with Crippen molar-refractivity contribution in [2.24, 2.45) is 0 Å². The second-order valence-corrected chi connectivity index (χ2v) is 7.60. The van der Waals surface area contributed by atoms with Crippen LogP contribution in [0.25, 0.3) is 10.9 Å². The number of carbonyl (C=O) groups excluding carboxylic acids is 1. The van der Waals surface area contributed by atoms with Crippen molar-refractivity contribution in [3.63, 3.8) is 0 Å². The van der Waals surface area contributed by atoms with Crippen molar-refractivity contribution in [1.29, 1.82) is 0 Å². The van der Waals surface area contributed by atoms with Crippen LogP contribution < -0.4 is 10.1 Å². The van der Waals surface area contributed by atoms with Crippen LogP contribution in [0.15, 0.2) is 48.9 Å². The molecule has 28 heavy (non-hydrogen) atoms. The van der Waals surface area contributed by atoms with Gasteiger partial charge in [-0.25, -0.2) is 4.79 Å². The van der Waals surface area contributed by atoms with Crippen LogP contribution in [0.5, 0.6) is 11.5 Å². The van der Waals surface area contributed by atoms with Gasteiger partial charge in [-0.3, -0.25) is 4.98 Å². The SMILES string of the molecule is CC(C)(C)OC(=O)N[C@@H](COc1cncc(O)c1)Cc1c[nH]c2ccccc12. The third kappa shape index (κ3) is 5.39. The molecule has 3 N–H and O–H groups in total. The summed E-state index contributed by atoms with van der Waals surface area (Å²) >= 11 is 0. The first kappa shape index (κ1) is 19.5. The van der Waals surface area contributed by atoms with Crippen molar-refractivity contribution < 1.29 is 19.4 Å². The molecule has 0 aliphatic carbocycles. The zero-order valence-corrected chi connectivity index (χ0v) is 16.2. The summed E-state index contributed by atoms with van der Waals surface area (Å²) < 4.78 is 11.1. The number of aromatic hydroxyl groups is 1. The van der Waals surface area contributed by atoms with Gasteiger partial charge in [0.25, 0.3) is 0 Å². The second-order valence-electron chi connectivity index (χ2n) is 7.60. The van der Waals surface area contributed by atoms with Crippen LogP contribution >= 0.6 is 0 Å². The number of aromatic amines is 1. The minimum Gasteiger partial charge on any atom is -0.506 e. The molecule has 0 bridgehead atoms. The number of hydrogen-bond donors (Lipinski definition) is 3. The van der Waals surface area contributed by atoms with Crippen LogP contribution in [-0.4, -0.2) is 39.4 Å². The Hall–Kier alpha value is -3.22. The maximum Gasteiger partial charge on any atom is 0.408 e. The molecule has 0 saturated carbocycles. The maximum atomic E-state index is 12.3. The van der Waals surface area contributed by atoms with Gasteiger partial charge in [-0.15, -0.1) is 0 Å². The standard InChI is InChI=1S/C21H25N3O4/c1-21(2,3)28-20(26)24-15(13-27-17-9-16(25)11-22-12-17)8-14-10-23-19-7-5-4-6-18(14)19/h4-7,9-12,15,23,25H,8,13H2,1-3H3,(H,24,26)/t15-/m1/s1. The number of pyridine rings is 1. The molecule has 2 heterocycles. The largest absolute Gasteiger partial charge is 0.506 e. The van der Waals surface area contributed by atoms with Gasteiger partial charge in [0.15, 0.2) is 0 Å². The Morgan fingerprint density at radius 2 is 2.07 bits per heavy atom. The number of hydrogen-bond acceptors (Lipinski definition) is 5. The molecule has 0 aliphatic rings. The molecule has 1 atom stereocenters. The molecule has 0 spiro atoms. The van der Waals surface area contributed by atoms with Crippen LogP contribution in [0.1, 0.15) is 26.3 Å². The predicted octanol–water partition coefficient (Wildman–Crippen LogP) is 3.78. The summed E-state index contributed by atoms with van der Waals surface area (Å²) in [5.74, 6) is 0.445. The fourth-order valence-electron chi connectivity index (χ4n) is 2.87. The van der Waals surface area contributed by atoms with Crippen LogP contribution in [0, 0.1) is 0 Å². The number of rotatable bonds is 6. The molecular weight excluding hydrogens is 358 g/mol. The molecule has 7 nitrogen and oxygen atoms in total. The van der Waals surface area contributed by atoms with Crippen LogP contribution in [0.2, 0.25) is 0 Å². The Bertz CT molecular complexity index is 946. The first-order chi connectivity index (χ1) is 13.3. The van der Waals surface area contributed by atoms with E-state index in [2.05, 4.69) is 15.3 Å². The average molecular weight is 383 g/mol. The normalized spacial score (nSPS) is 12.5. The lowest BCUT2D eigenvalue weighted by Gasteiger charge is -2.24. The van der Waals surface area contributed by atoms with E-state index in [1.807, 2.05) is 51.2 Å². The van der Waals surface area contributed by atoms with Gasteiger partial charge in [0.05, 0.1) is 18.4 Å². The number of para-hydroxylation sites is 1. The van der Waals surface area contributed by atoms with Crippen molar-refractivity contribution >= 4 is 17.0 Å². The van der Waals surface area contributed by atoms with E-state index < -0.39 is 11.7 Å². The van der Waals surface area contributed by atoms with Crippen LogP contribution in [0.4, 0.5) is 4.79 Å². The zero-order valence-electron chi connectivity index (χ0n) is 16.2. The topological polar surface area (TPSA) is 96.5 Å². The second kappa shape index (κ2) is 8.21. The number of ether oxygens (including phenoxy) is 2. The highest BCUT2D eigenvalue weighted by atomic mass is 16.6. The number of H-pyrrole nitrogens is 1. The van der Waals surface area contributed by atoms with Crippen LogP contribution in [-0.2, 0) is 11.2 Å². The van der Waals surface area contributed by atoms with E-state index in [4.69, 9.17) is 9.47 Å². The molecule has 0 aliphatic heterocycles. The van der Waals surface area contributed by atoms with Gasteiger partial charge < -0.3 is 24.9 Å². The fraction of sp³-hybridized carbons (Fsp3) is 0.333. The number of nitrogens with one attached hydrogen (secondary N) is 2. The van der Waals surface area contributed by atoms with Gasteiger partial charge in [-0.1, -0.05) is 18.2 Å². The number of benzene rings is 1. The van der Waals surface area contributed by atoms with Crippen molar-refractivity contribution in [3.05, 3.63) is 54.5 Å². The summed E-state index contributed by atoms with van der Waals surface area (Å²) in [5.41, 5.74) is 1.51. The van der Waals surface area contributed by atoms with E-state index in [1.165, 1.54) is 18.5 Å². The van der Waals surface area contributed by atoms with E-state index >= 15 is 0 Å². The van der Waals surface area contributed by atoms with Gasteiger partial charge in [-0.05, 0) is 38.8 Å². The molecule has 0 radical (unpaired) electrons. The highest BCUT2D eigenvalue weighted by molar-refractivity contribution is 5.83. The monoisotopic (exact) mass is 383 g/mol. The fourth-order valence-corrected chi connectivity index (χ4v) is 2.87. The summed E-state index contributed by atoms with van der Waals surface area (Å²) in [5, 5.41) is 13.5. The van der Waals surface area contributed by atoms with Gasteiger partial charge in [0.1, 0.15) is 23.7 Å². The molecular formula is C21H25N3O4. The lowest BCUT2D eigenvalue weighted by atomic mass is 10.1. The summed E-state index contributed by atoms with van der Waals surface area (Å²) in [6.07, 6.45) is 4.82. The molecule has 3 rings (SSSR count). The molecule has 2 aromatic heterocycles. The quantitative estimate of drug-likeness (QED) is 0.602. The van der Waals surface area contributed by atoms with E-state index in [0.717, 1.165) is 16.5 Å². The summed E-state index contributed by atoms with van der Waals surface area (Å²) in [4.78, 5) is 19.4. The first-order valence-corrected chi connectivity index (χ1v) is 9.11. The van der Waals surface area contributed by atoms with Gasteiger partial charge in [0.2, 0.25) is 0 Å². The van der Waals surface area contributed by atoms with Gasteiger partial charge >= 0.3 is 6.09 Å². The lowest BCUT2D eigenvalue weighted by Crippen LogP contribution is -2.43. The van der Waals surface area contributed by atoms with E-state index in [0.29, 0.717) is 12.2 Å². The Balaban J connectivity index is 1.74. The summed E-state index contributed by atoms with van der Waals surface area (Å²) in [7, 11) is 0. The molecule has 1 amide bonds. The Kier molecular flexibility index (Phi) is 5.73. The first-order valence-electron chi connectivity index (χ1n) is 9.11. The number of aromatic nitrogens is 2. The number of fused-ring (bicyclic) bond motifs is 1. The zero-order chi connectivity index (χ0) is 20.1. The Morgan fingerprint density at radius 1 is 1.29 bits per heavy atom.